The van der Waals surface area contributed by atoms with Gasteiger partial charge in [-0.15, -0.1) is 0 Å². The molecule has 0 heterocycles. The van der Waals surface area contributed by atoms with E-state index in [1.807, 2.05) is 36.4 Å². The number of phenolic OH excluding ortho intramolecular Hbond substituents is 2. The summed E-state index contributed by atoms with van der Waals surface area (Å²) < 4.78 is 0. The molecule has 2 heteroatoms. The van der Waals surface area contributed by atoms with E-state index < -0.39 is 0 Å². The van der Waals surface area contributed by atoms with E-state index in [1.165, 1.54) is 11.1 Å². The second-order valence-corrected chi connectivity index (χ2v) is 6.08. The fourth-order valence-corrected chi connectivity index (χ4v) is 3.60. The maximum Gasteiger partial charge on any atom is 0.123 e. The zero-order valence-corrected chi connectivity index (χ0v) is 12.7. The van der Waals surface area contributed by atoms with Crippen molar-refractivity contribution in [3.8, 4) is 22.6 Å². The molecule has 23 heavy (non-hydrogen) atoms. The van der Waals surface area contributed by atoms with E-state index in [0.717, 1.165) is 24.0 Å². The van der Waals surface area contributed by atoms with E-state index in [0.29, 0.717) is 5.56 Å². The predicted octanol–water partition coefficient (Wildman–Crippen LogP) is 4.84. The van der Waals surface area contributed by atoms with Gasteiger partial charge in [0, 0.05) is 17.0 Å². The van der Waals surface area contributed by atoms with Crippen LogP contribution in [0.5, 0.6) is 11.5 Å². The molecule has 1 atom stereocenters. The normalized spacial score (nSPS) is 16.3. The predicted molar refractivity (Wildman–Crippen MR) is 91.8 cm³/mol. The number of aryl methyl sites for hydroxylation is 1. The molecule has 0 fully saturated rings. The van der Waals surface area contributed by atoms with Gasteiger partial charge in [0.1, 0.15) is 11.5 Å². The second kappa shape index (κ2) is 5.47. The quantitative estimate of drug-likeness (QED) is 0.665. The van der Waals surface area contributed by atoms with Crippen LogP contribution in [-0.2, 0) is 6.42 Å². The lowest BCUT2D eigenvalue weighted by Crippen LogP contribution is -1.97. The maximum absolute atomic E-state index is 10.6. The Bertz CT molecular complexity index is 853. The number of rotatable bonds is 2. The van der Waals surface area contributed by atoms with Crippen LogP contribution in [0.15, 0.2) is 66.7 Å². The lowest BCUT2D eigenvalue weighted by molar-refractivity contribution is 0.452. The molecule has 1 unspecified atom stereocenters. The summed E-state index contributed by atoms with van der Waals surface area (Å²) in [5, 5.41) is 21.0. The Balaban J connectivity index is 1.79. The van der Waals surface area contributed by atoms with Crippen LogP contribution in [0.4, 0.5) is 0 Å². The highest BCUT2D eigenvalue weighted by atomic mass is 16.3. The molecule has 2 N–H and O–H groups in total. The van der Waals surface area contributed by atoms with Gasteiger partial charge in [0.05, 0.1) is 0 Å². The molecular formula is C21H18O2. The average Bonchev–Trinajstić information content (AvgIpc) is 3.01. The van der Waals surface area contributed by atoms with Crippen LogP contribution < -0.4 is 0 Å². The van der Waals surface area contributed by atoms with Crippen LogP contribution in [0.2, 0.25) is 0 Å². The zero-order chi connectivity index (χ0) is 15.8. The molecule has 114 valence electrons. The van der Waals surface area contributed by atoms with Crippen LogP contribution >= 0.6 is 0 Å². The molecule has 1 aliphatic rings. The van der Waals surface area contributed by atoms with Gasteiger partial charge in [-0.3, -0.25) is 0 Å². The summed E-state index contributed by atoms with van der Waals surface area (Å²) in [4.78, 5) is 0. The first kappa shape index (κ1) is 13.9. The third-order valence-electron chi connectivity index (χ3n) is 4.74. The molecule has 0 aromatic heterocycles. The van der Waals surface area contributed by atoms with Gasteiger partial charge in [-0.05, 0) is 41.7 Å². The summed E-state index contributed by atoms with van der Waals surface area (Å²) in [7, 11) is 0. The van der Waals surface area contributed by atoms with Crippen molar-refractivity contribution in [3.05, 3.63) is 83.4 Å². The van der Waals surface area contributed by atoms with Gasteiger partial charge in [0.25, 0.3) is 0 Å². The number of hydrogen-bond acceptors (Lipinski definition) is 2. The molecule has 0 amide bonds. The van der Waals surface area contributed by atoms with Crippen molar-refractivity contribution in [2.24, 2.45) is 0 Å². The standard InChI is InChI=1S/C21H18O2/c22-20-13-19(17-11-10-15-8-4-5-9-16(15)17)21(23)12-18(20)14-6-2-1-3-7-14/h1-9,12-13,17,22-23H,10-11H2. The van der Waals surface area contributed by atoms with Gasteiger partial charge in [0.2, 0.25) is 0 Å². The molecule has 0 bridgehead atoms. The average molecular weight is 302 g/mol. The zero-order valence-electron chi connectivity index (χ0n) is 12.7. The number of fused-ring (bicyclic) bond motifs is 1. The minimum absolute atomic E-state index is 0.155. The molecule has 0 spiro atoms. The Morgan fingerprint density at radius 2 is 1.48 bits per heavy atom. The first-order chi connectivity index (χ1) is 11.2. The van der Waals surface area contributed by atoms with E-state index in [2.05, 4.69) is 18.2 Å². The van der Waals surface area contributed by atoms with E-state index >= 15 is 0 Å². The maximum atomic E-state index is 10.6. The van der Waals surface area contributed by atoms with Crippen molar-refractivity contribution in [1.29, 1.82) is 0 Å². The van der Waals surface area contributed by atoms with Gasteiger partial charge >= 0.3 is 0 Å². The number of phenols is 2. The van der Waals surface area contributed by atoms with E-state index in [9.17, 15) is 10.2 Å². The largest absolute Gasteiger partial charge is 0.508 e. The van der Waals surface area contributed by atoms with Crippen molar-refractivity contribution in [3.63, 3.8) is 0 Å². The van der Waals surface area contributed by atoms with Crippen molar-refractivity contribution in [2.45, 2.75) is 18.8 Å². The molecule has 3 aromatic rings. The van der Waals surface area contributed by atoms with Crippen molar-refractivity contribution < 1.29 is 10.2 Å². The van der Waals surface area contributed by atoms with Crippen molar-refractivity contribution >= 4 is 0 Å². The Hall–Kier alpha value is -2.74. The first-order valence-corrected chi connectivity index (χ1v) is 7.93. The third-order valence-corrected chi connectivity index (χ3v) is 4.74. The van der Waals surface area contributed by atoms with E-state index in [1.54, 1.807) is 12.1 Å². The molecule has 0 aliphatic heterocycles. The van der Waals surface area contributed by atoms with Gasteiger partial charge < -0.3 is 10.2 Å². The fraction of sp³-hybridized carbons (Fsp3) is 0.143. The fourth-order valence-electron chi connectivity index (χ4n) is 3.60. The summed E-state index contributed by atoms with van der Waals surface area (Å²) in [5.41, 5.74) is 4.97. The molecule has 0 saturated heterocycles. The monoisotopic (exact) mass is 302 g/mol. The molecule has 3 aromatic carbocycles. The highest BCUT2D eigenvalue weighted by Gasteiger charge is 2.26. The van der Waals surface area contributed by atoms with Crippen LogP contribution in [0, 0.1) is 0 Å². The van der Waals surface area contributed by atoms with Crippen LogP contribution in [-0.4, -0.2) is 10.2 Å². The number of aromatic hydroxyl groups is 2. The number of hydrogen-bond donors (Lipinski definition) is 2. The van der Waals surface area contributed by atoms with Crippen LogP contribution in [0.25, 0.3) is 11.1 Å². The van der Waals surface area contributed by atoms with Gasteiger partial charge in [-0.25, -0.2) is 0 Å². The smallest absolute Gasteiger partial charge is 0.123 e. The summed E-state index contributed by atoms with van der Waals surface area (Å²) >= 11 is 0. The Morgan fingerprint density at radius 3 is 2.30 bits per heavy atom. The Labute approximate surface area is 135 Å². The minimum Gasteiger partial charge on any atom is -0.508 e. The second-order valence-electron chi connectivity index (χ2n) is 6.08. The molecule has 1 aliphatic carbocycles. The van der Waals surface area contributed by atoms with E-state index in [4.69, 9.17) is 0 Å². The summed E-state index contributed by atoms with van der Waals surface area (Å²) in [6, 6.07) is 21.4. The topological polar surface area (TPSA) is 40.5 Å². The molecule has 4 rings (SSSR count). The Morgan fingerprint density at radius 1 is 0.739 bits per heavy atom. The van der Waals surface area contributed by atoms with Crippen LogP contribution in [0.1, 0.15) is 29.0 Å². The minimum atomic E-state index is 0.155. The summed E-state index contributed by atoms with van der Waals surface area (Å²) in [6.07, 6.45) is 1.98. The van der Waals surface area contributed by atoms with Gasteiger partial charge in [-0.2, -0.15) is 0 Å². The van der Waals surface area contributed by atoms with E-state index in [-0.39, 0.29) is 17.4 Å². The van der Waals surface area contributed by atoms with Gasteiger partial charge in [-0.1, -0.05) is 54.6 Å². The highest BCUT2D eigenvalue weighted by Crippen LogP contribution is 2.44. The third kappa shape index (κ3) is 2.36. The molecular weight excluding hydrogens is 284 g/mol. The molecule has 0 saturated carbocycles. The molecule has 2 nitrogen and oxygen atoms in total. The highest BCUT2D eigenvalue weighted by molar-refractivity contribution is 5.73. The number of benzene rings is 3. The Kier molecular flexibility index (Phi) is 3.30. The summed E-state index contributed by atoms with van der Waals surface area (Å²) in [5.74, 6) is 0.624. The summed E-state index contributed by atoms with van der Waals surface area (Å²) in [6.45, 7) is 0. The SMILES string of the molecule is Oc1cc(C2CCc3ccccc32)c(O)cc1-c1ccccc1. The van der Waals surface area contributed by atoms with Gasteiger partial charge in [0.15, 0.2) is 0 Å². The van der Waals surface area contributed by atoms with Crippen LogP contribution in [0.3, 0.4) is 0 Å². The lowest BCUT2D eigenvalue weighted by Gasteiger charge is -2.16. The van der Waals surface area contributed by atoms with Crippen molar-refractivity contribution in [2.75, 3.05) is 0 Å². The first-order valence-electron chi connectivity index (χ1n) is 7.93. The van der Waals surface area contributed by atoms with Crippen molar-refractivity contribution in [1.82, 2.24) is 0 Å². The lowest BCUT2D eigenvalue weighted by atomic mass is 9.90. The molecule has 0 radical (unpaired) electrons.